The van der Waals surface area contributed by atoms with Gasteiger partial charge in [-0.25, -0.2) is 9.37 Å². The maximum atomic E-state index is 13.1. The molecule has 1 saturated heterocycles. The lowest BCUT2D eigenvalue weighted by atomic mass is 10.1. The summed E-state index contributed by atoms with van der Waals surface area (Å²) >= 11 is 1.40. The normalized spacial score (nSPS) is 14.1. The lowest BCUT2D eigenvalue weighted by Gasteiger charge is -2.33. The average Bonchev–Trinajstić information content (AvgIpc) is 3.29. The fourth-order valence-electron chi connectivity index (χ4n) is 3.45. The maximum Gasteiger partial charge on any atom is 0.360 e. The Labute approximate surface area is 195 Å². The van der Waals surface area contributed by atoms with Crippen molar-refractivity contribution in [2.45, 2.75) is 13.3 Å². The van der Waals surface area contributed by atoms with Gasteiger partial charge >= 0.3 is 5.91 Å². The largest absolute Gasteiger partial charge is 0.360 e. The first-order chi connectivity index (χ1) is 16.1. The zero-order valence-corrected chi connectivity index (χ0v) is 19.2. The van der Waals surface area contributed by atoms with Crippen LogP contribution in [-0.2, 0) is 6.42 Å². The molecule has 2 aromatic carbocycles. The van der Waals surface area contributed by atoms with E-state index in [1.807, 2.05) is 19.1 Å². The van der Waals surface area contributed by atoms with Gasteiger partial charge in [0.15, 0.2) is 0 Å². The van der Waals surface area contributed by atoms with Crippen molar-refractivity contribution in [3.8, 4) is 0 Å². The highest BCUT2D eigenvalue weighted by Crippen LogP contribution is 2.20. The summed E-state index contributed by atoms with van der Waals surface area (Å²) in [5.74, 6) is 0.131. The molecule has 0 saturated carbocycles. The van der Waals surface area contributed by atoms with Crippen LogP contribution in [0.1, 0.15) is 27.3 Å². The zero-order valence-electron chi connectivity index (χ0n) is 18.4. The van der Waals surface area contributed by atoms with Crippen LogP contribution in [0.5, 0.6) is 0 Å². The third-order valence-corrected chi connectivity index (χ3v) is 6.20. The van der Waals surface area contributed by atoms with Crippen LogP contribution in [-0.4, -0.2) is 59.4 Å². The molecule has 1 aliphatic rings. The Hall–Kier alpha value is -3.33. The predicted molar refractivity (Wildman–Crippen MR) is 125 cm³/mol. The van der Waals surface area contributed by atoms with E-state index in [1.165, 1.54) is 23.7 Å². The van der Waals surface area contributed by atoms with Gasteiger partial charge in [0.05, 0.1) is 0 Å². The number of carbonyl (C=O) groups is 1. The number of aromatic nitrogens is 2. The first kappa shape index (κ1) is 22.8. The van der Waals surface area contributed by atoms with Gasteiger partial charge in [-0.15, -0.1) is 0 Å². The highest BCUT2D eigenvalue weighted by molar-refractivity contribution is 7.09. The van der Waals surface area contributed by atoms with Gasteiger partial charge in [0.25, 0.3) is 0 Å². The van der Waals surface area contributed by atoms with Crippen LogP contribution in [0.2, 0.25) is 0 Å². The third kappa shape index (κ3) is 6.58. The monoisotopic (exact) mass is 466 g/mol. The topological polar surface area (TPSA) is 88.2 Å². The molecular weight excluding hydrogens is 441 g/mol. The van der Waals surface area contributed by atoms with Crippen LogP contribution >= 0.6 is 11.5 Å². The third-order valence-electron chi connectivity index (χ3n) is 5.39. The summed E-state index contributed by atoms with van der Waals surface area (Å²) in [5.41, 5.74) is 2.59. The van der Waals surface area contributed by atoms with Gasteiger partial charge in [-0.05, 0) is 36.8 Å². The first-order valence-corrected chi connectivity index (χ1v) is 11.6. The van der Waals surface area contributed by atoms with E-state index in [4.69, 9.17) is 0 Å². The number of carbonyl (C=O) groups excluding carboxylic acids is 1. The summed E-state index contributed by atoms with van der Waals surface area (Å²) in [7, 11) is 0. The fraction of sp³-hybridized carbons (Fsp3) is 0.348. The minimum atomic E-state index is -0.386. The molecule has 33 heavy (non-hydrogen) atoms. The Morgan fingerprint density at radius 2 is 1.82 bits per heavy atom. The molecule has 1 aromatic heterocycles. The summed E-state index contributed by atoms with van der Waals surface area (Å²) in [5, 5.41) is 8.58. The molecule has 0 unspecified atom stereocenters. The molecular formula is C23H25FN7OS+. The molecule has 0 atom stereocenters. The van der Waals surface area contributed by atoms with E-state index in [9.17, 15) is 9.18 Å². The fourth-order valence-corrected chi connectivity index (χ4v) is 4.19. The average molecular weight is 467 g/mol. The second-order valence-corrected chi connectivity index (χ2v) is 8.58. The van der Waals surface area contributed by atoms with Crippen molar-refractivity contribution in [1.29, 1.82) is 0 Å². The van der Waals surface area contributed by atoms with Crippen molar-refractivity contribution in [3.63, 3.8) is 0 Å². The van der Waals surface area contributed by atoms with Gasteiger partial charge in [-0.1, -0.05) is 29.8 Å². The lowest BCUT2D eigenvalue weighted by molar-refractivity contribution is 0.0992. The standard InChI is InChI=1S/C23H25FN7OS/c1-17-2-6-19(7-3-17)22(32)27-29-25-10-11-30-12-14-31(15-13-30)23-26-21(28-33-23)16-18-4-8-20(24)9-5-18/h2-9H,10-16H2,1H3/q+1. The van der Waals surface area contributed by atoms with Gasteiger partial charge in [0, 0.05) is 56.2 Å². The highest BCUT2D eigenvalue weighted by atomic mass is 32.1. The van der Waals surface area contributed by atoms with Crippen molar-refractivity contribution in [1.82, 2.24) is 19.2 Å². The molecule has 0 radical (unpaired) electrons. The van der Waals surface area contributed by atoms with E-state index < -0.39 is 0 Å². The second-order valence-electron chi connectivity index (χ2n) is 7.85. The molecule has 0 spiro atoms. The molecule has 0 bridgehead atoms. The number of aryl methyl sites for hydroxylation is 1. The van der Waals surface area contributed by atoms with Crippen LogP contribution in [0.15, 0.2) is 58.8 Å². The van der Waals surface area contributed by atoms with Gasteiger partial charge in [0.1, 0.15) is 23.3 Å². The molecule has 1 fully saturated rings. The van der Waals surface area contributed by atoms with Crippen LogP contribution < -0.4 is 9.81 Å². The van der Waals surface area contributed by atoms with Crippen molar-refractivity contribution in [2.75, 3.05) is 44.2 Å². The van der Waals surface area contributed by atoms with Gasteiger partial charge < -0.3 is 4.90 Å². The van der Waals surface area contributed by atoms with E-state index in [0.717, 1.165) is 54.8 Å². The summed E-state index contributed by atoms with van der Waals surface area (Å²) in [6, 6.07) is 13.6. The number of anilines is 1. The van der Waals surface area contributed by atoms with Gasteiger partial charge in [0.2, 0.25) is 15.2 Å². The Morgan fingerprint density at radius 1 is 1.09 bits per heavy atom. The summed E-state index contributed by atoms with van der Waals surface area (Å²) in [4.78, 5) is 24.8. The molecule has 1 amide bonds. The Kier molecular flexibility index (Phi) is 7.62. The minimum absolute atomic E-state index is 0.241. The first-order valence-electron chi connectivity index (χ1n) is 10.8. The molecule has 3 aromatic rings. The highest BCUT2D eigenvalue weighted by Gasteiger charge is 2.20. The lowest BCUT2D eigenvalue weighted by Crippen LogP contribution is -2.47. The molecule has 8 nitrogen and oxygen atoms in total. The van der Waals surface area contributed by atoms with Gasteiger partial charge in [-0.2, -0.15) is 4.37 Å². The van der Waals surface area contributed by atoms with E-state index in [0.29, 0.717) is 18.5 Å². The number of nitrogens with zero attached hydrogens (tertiary/aromatic N) is 7. The number of hydrogen-bond donors (Lipinski definition) is 0. The van der Waals surface area contributed by atoms with Crippen LogP contribution in [0, 0.1) is 12.7 Å². The quantitative estimate of drug-likeness (QED) is 0.393. The molecule has 0 N–H and O–H groups in total. The molecule has 0 aliphatic carbocycles. The second kappa shape index (κ2) is 11.0. The smallest absolute Gasteiger partial charge is 0.344 e. The summed E-state index contributed by atoms with van der Waals surface area (Å²) < 4.78 is 17.5. The number of halogens is 1. The van der Waals surface area contributed by atoms with Crippen molar-refractivity contribution >= 4 is 22.6 Å². The van der Waals surface area contributed by atoms with E-state index in [-0.39, 0.29) is 11.7 Å². The van der Waals surface area contributed by atoms with Crippen molar-refractivity contribution in [3.05, 3.63) is 76.9 Å². The van der Waals surface area contributed by atoms with E-state index >= 15 is 0 Å². The van der Waals surface area contributed by atoms with E-state index in [2.05, 4.69) is 34.3 Å². The number of hydrogen-bond acceptors (Lipinski definition) is 7. The predicted octanol–water partition coefficient (Wildman–Crippen LogP) is 3.51. The zero-order chi connectivity index (χ0) is 23.0. The molecule has 10 heteroatoms. The Balaban J connectivity index is 1.20. The molecule has 1 aliphatic heterocycles. The molecule has 4 rings (SSSR count). The SMILES string of the molecule is Cc1ccc(C(=O)N=[N+]=NCCN2CCN(c3nc(Cc4ccc(F)cc4)ns3)CC2)cc1. The maximum absolute atomic E-state index is 13.1. The summed E-state index contributed by atoms with van der Waals surface area (Å²) in [6.07, 6.45) is 0.596. The van der Waals surface area contributed by atoms with E-state index in [1.54, 1.807) is 24.3 Å². The number of piperazine rings is 1. The molecule has 2 heterocycles. The van der Waals surface area contributed by atoms with Crippen LogP contribution in [0.3, 0.4) is 0 Å². The number of amides is 1. The molecule has 170 valence electrons. The van der Waals surface area contributed by atoms with Crippen LogP contribution in [0.25, 0.3) is 0 Å². The Bertz CT molecular complexity index is 1130. The number of benzene rings is 2. The Morgan fingerprint density at radius 3 is 2.55 bits per heavy atom. The summed E-state index contributed by atoms with van der Waals surface area (Å²) in [6.45, 7) is 6.72. The van der Waals surface area contributed by atoms with Crippen molar-refractivity contribution < 1.29 is 9.18 Å². The van der Waals surface area contributed by atoms with Crippen molar-refractivity contribution in [2.24, 2.45) is 10.2 Å². The van der Waals surface area contributed by atoms with Gasteiger partial charge in [-0.3, -0.25) is 9.69 Å². The minimum Gasteiger partial charge on any atom is -0.344 e. The van der Waals surface area contributed by atoms with Crippen LogP contribution in [0.4, 0.5) is 9.52 Å². The number of rotatable bonds is 7.